The molecule has 1 amide bonds. The van der Waals surface area contributed by atoms with Gasteiger partial charge >= 0.3 is 6.18 Å². The maximum atomic E-state index is 13.1. The number of para-hydroxylation sites is 1. The summed E-state index contributed by atoms with van der Waals surface area (Å²) in [6.45, 7) is 4.92. The number of benzene rings is 1. The van der Waals surface area contributed by atoms with Crippen LogP contribution in [0.15, 0.2) is 36.4 Å². The molecule has 30 heavy (non-hydrogen) atoms. The monoisotopic (exact) mass is 417 g/mol. The Morgan fingerprint density at radius 1 is 1.03 bits per heavy atom. The zero-order valence-corrected chi connectivity index (χ0v) is 16.8. The van der Waals surface area contributed by atoms with Crippen molar-refractivity contribution in [2.24, 2.45) is 0 Å². The van der Waals surface area contributed by atoms with E-state index in [9.17, 15) is 18.0 Å². The van der Waals surface area contributed by atoms with E-state index >= 15 is 0 Å². The van der Waals surface area contributed by atoms with Gasteiger partial charge in [0.15, 0.2) is 5.69 Å². The van der Waals surface area contributed by atoms with Crippen molar-refractivity contribution >= 4 is 22.6 Å². The zero-order chi connectivity index (χ0) is 21.5. The SMILES string of the molecule is Cc1c(C(F)(F)F)nn(CC(=O)N2CCN(c3ccc4ccccc4n3)CC2)c1C. The average molecular weight is 417 g/mol. The van der Waals surface area contributed by atoms with Crippen LogP contribution in [0.1, 0.15) is 17.0 Å². The molecule has 2 aromatic heterocycles. The predicted octanol–water partition coefficient (Wildman–Crippen LogP) is 3.42. The molecule has 0 atom stereocenters. The van der Waals surface area contributed by atoms with Gasteiger partial charge in [-0.15, -0.1) is 0 Å². The minimum absolute atomic E-state index is 0.0579. The fraction of sp³-hybridized carbons (Fsp3) is 0.381. The molecule has 1 aliphatic heterocycles. The summed E-state index contributed by atoms with van der Waals surface area (Å²) in [5, 5.41) is 4.70. The van der Waals surface area contributed by atoms with E-state index in [1.54, 1.807) is 11.8 Å². The third kappa shape index (κ3) is 3.83. The number of carbonyl (C=O) groups is 1. The number of anilines is 1. The lowest BCUT2D eigenvalue weighted by atomic mass is 10.2. The highest BCUT2D eigenvalue weighted by Crippen LogP contribution is 2.31. The van der Waals surface area contributed by atoms with Crippen molar-refractivity contribution in [1.29, 1.82) is 0 Å². The standard InChI is InChI=1S/C21H22F3N5O/c1-14-15(2)29(26-20(14)21(22,23)24)13-19(30)28-11-9-27(10-12-28)18-8-7-16-5-3-4-6-17(16)25-18/h3-8H,9-13H2,1-2H3. The Hall–Kier alpha value is -3.10. The van der Waals surface area contributed by atoms with Crippen LogP contribution in [0.4, 0.5) is 19.0 Å². The lowest BCUT2D eigenvalue weighted by molar-refractivity contribution is -0.142. The first-order valence-electron chi connectivity index (χ1n) is 9.74. The van der Waals surface area contributed by atoms with Crippen LogP contribution in [0.25, 0.3) is 10.9 Å². The molecule has 9 heteroatoms. The molecular weight excluding hydrogens is 395 g/mol. The summed E-state index contributed by atoms with van der Waals surface area (Å²) in [7, 11) is 0. The van der Waals surface area contributed by atoms with Crippen LogP contribution in [-0.4, -0.2) is 51.8 Å². The summed E-state index contributed by atoms with van der Waals surface area (Å²) in [5.74, 6) is 0.620. The topological polar surface area (TPSA) is 54.3 Å². The van der Waals surface area contributed by atoms with Crippen LogP contribution in [0, 0.1) is 13.8 Å². The number of piperazine rings is 1. The molecular formula is C21H22F3N5O. The third-order valence-corrected chi connectivity index (χ3v) is 5.60. The van der Waals surface area contributed by atoms with Crippen molar-refractivity contribution in [3.8, 4) is 0 Å². The maximum Gasteiger partial charge on any atom is 0.435 e. The molecule has 0 bridgehead atoms. The Bertz CT molecular complexity index is 1080. The van der Waals surface area contributed by atoms with E-state index in [0.29, 0.717) is 31.9 Å². The van der Waals surface area contributed by atoms with Crippen LogP contribution >= 0.6 is 0 Å². The maximum absolute atomic E-state index is 13.1. The second-order valence-electron chi connectivity index (χ2n) is 7.44. The normalized spacial score (nSPS) is 15.1. The molecule has 0 aliphatic carbocycles. The van der Waals surface area contributed by atoms with Gasteiger partial charge in [0.05, 0.1) is 5.52 Å². The molecule has 1 aromatic carbocycles. The van der Waals surface area contributed by atoms with Gasteiger partial charge in [0.25, 0.3) is 0 Å². The number of pyridine rings is 1. The molecule has 1 aliphatic rings. The van der Waals surface area contributed by atoms with Crippen molar-refractivity contribution in [2.75, 3.05) is 31.1 Å². The van der Waals surface area contributed by atoms with Gasteiger partial charge in [-0.2, -0.15) is 18.3 Å². The highest BCUT2D eigenvalue weighted by molar-refractivity contribution is 5.80. The Morgan fingerprint density at radius 2 is 1.73 bits per heavy atom. The van der Waals surface area contributed by atoms with Gasteiger partial charge in [-0.3, -0.25) is 9.48 Å². The molecule has 0 unspecified atom stereocenters. The summed E-state index contributed by atoms with van der Waals surface area (Å²) in [4.78, 5) is 21.1. The molecule has 4 rings (SSSR count). The number of halogens is 3. The summed E-state index contributed by atoms with van der Waals surface area (Å²) < 4.78 is 40.3. The number of nitrogens with zero attached hydrogens (tertiary/aromatic N) is 5. The second kappa shape index (κ2) is 7.62. The summed E-state index contributed by atoms with van der Waals surface area (Å²) in [6.07, 6.45) is -4.53. The number of hydrogen-bond acceptors (Lipinski definition) is 4. The lowest BCUT2D eigenvalue weighted by Gasteiger charge is -2.35. The van der Waals surface area contributed by atoms with E-state index in [4.69, 9.17) is 0 Å². The number of amides is 1. The van der Waals surface area contributed by atoms with E-state index in [-0.39, 0.29) is 18.0 Å². The molecule has 0 spiro atoms. The van der Waals surface area contributed by atoms with Crippen LogP contribution in [0.3, 0.4) is 0 Å². The van der Waals surface area contributed by atoms with Gasteiger partial charge in [0.2, 0.25) is 5.91 Å². The van der Waals surface area contributed by atoms with Gasteiger partial charge in [-0.25, -0.2) is 4.98 Å². The third-order valence-electron chi connectivity index (χ3n) is 5.60. The summed E-state index contributed by atoms with van der Waals surface area (Å²) in [5.41, 5.74) is 0.399. The number of carbonyl (C=O) groups excluding carboxylic acids is 1. The van der Waals surface area contributed by atoms with Crippen LogP contribution < -0.4 is 4.90 Å². The predicted molar refractivity (Wildman–Crippen MR) is 107 cm³/mol. The van der Waals surface area contributed by atoms with Crippen molar-refractivity contribution in [3.05, 3.63) is 53.3 Å². The zero-order valence-electron chi connectivity index (χ0n) is 16.8. The van der Waals surface area contributed by atoms with E-state index < -0.39 is 11.9 Å². The van der Waals surface area contributed by atoms with E-state index in [0.717, 1.165) is 21.4 Å². The molecule has 1 fully saturated rings. The summed E-state index contributed by atoms with van der Waals surface area (Å²) in [6, 6.07) is 11.9. The lowest BCUT2D eigenvalue weighted by Crippen LogP contribution is -2.50. The van der Waals surface area contributed by atoms with Crippen molar-refractivity contribution < 1.29 is 18.0 Å². The molecule has 6 nitrogen and oxygen atoms in total. The van der Waals surface area contributed by atoms with Crippen molar-refractivity contribution in [3.63, 3.8) is 0 Å². The number of rotatable bonds is 3. The average Bonchev–Trinajstić information content (AvgIpc) is 3.02. The quantitative estimate of drug-likeness (QED) is 0.655. The van der Waals surface area contributed by atoms with Gasteiger partial charge in [-0.05, 0) is 32.0 Å². The smallest absolute Gasteiger partial charge is 0.353 e. The Morgan fingerprint density at radius 3 is 2.40 bits per heavy atom. The highest BCUT2D eigenvalue weighted by atomic mass is 19.4. The second-order valence-corrected chi connectivity index (χ2v) is 7.44. The fourth-order valence-corrected chi connectivity index (χ4v) is 3.70. The molecule has 158 valence electrons. The van der Waals surface area contributed by atoms with E-state index in [2.05, 4.69) is 15.0 Å². The first kappa shape index (κ1) is 20.2. The van der Waals surface area contributed by atoms with E-state index in [1.165, 1.54) is 6.92 Å². The first-order valence-corrected chi connectivity index (χ1v) is 9.74. The molecule has 1 saturated heterocycles. The number of aromatic nitrogens is 3. The van der Waals surface area contributed by atoms with Gasteiger partial charge in [-0.1, -0.05) is 18.2 Å². The largest absolute Gasteiger partial charge is 0.435 e. The molecule has 3 heterocycles. The highest BCUT2D eigenvalue weighted by Gasteiger charge is 2.37. The Balaban J connectivity index is 1.41. The Labute approximate surface area is 171 Å². The van der Waals surface area contributed by atoms with Gasteiger partial charge in [0.1, 0.15) is 12.4 Å². The van der Waals surface area contributed by atoms with Crippen molar-refractivity contribution in [2.45, 2.75) is 26.6 Å². The van der Waals surface area contributed by atoms with Gasteiger partial charge < -0.3 is 9.80 Å². The molecule has 0 N–H and O–H groups in total. The van der Waals surface area contributed by atoms with Crippen LogP contribution in [0.5, 0.6) is 0 Å². The number of hydrogen-bond donors (Lipinski definition) is 0. The minimum atomic E-state index is -4.53. The van der Waals surface area contributed by atoms with Gasteiger partial charge in [0, 0.05) is 42.8 Å². The van der Waals surface area contributed by atoms with Crippen LogP contribution in [0.2, 0.25) is 0 Å². The first-order chi connectivity index (χ1) is 14.2. The molecule has 0 radical (unpaired) electrons. The van der Waals surface area contributed by atoms with Crippen LogP contribution in [-0.2, 0) is 17.5 Å². The molecule has 3 aromatic rings. The number of alkyl halides is 3. The molecule has 0 saturated carbocycles. The number of fused-ring (bicyclic) bond motifs is 1. The summed E-state index contributed by atoms with van der Waals surface area (Å²) >= 11 is 0. The minimum Gasteiger partial charge on any atom is -0.353 e. The van der Waals surface area contributed by atoms with E-state index in [1.807, 2.05) is 36.4 Å². The van der Waals surface area contributed by atoms with Crippen molar-refractivity contribution in [1.82, 2.24) is 19.7 Å². The Kier molecular flexibility index (Phi) is 5.13. The fourth-order valence-electron chi connectivity index (χ4n) is 3.70.